The number of hydrogen-bond donors (Lipinski definition) is 4. The van der Waals surface area contributed by atoms with Crippen LogP contribution in [0, 0.1) is 17.0 Å². The van der Waals surface area contributed by atoms with Crippen LogP contribution in [0.25, 0.3) is 55.8 Å². The third-order valence-electron chi connectivity index (χ3n) is 7.07. The Balaban J connectivity index is 1.37. The number of aromatic nitrogens is 6. The fraction of sp³-hybridized carbons (Fsp3) is 0.219. The maximum Gasteiger partial charge on any atom is 0.224 e. The summed E-state index contributed by atoms with van der Waals surface area (Å²) < 4.78 is 55.5. The summed E-state index contributed by atoms with van der Waals surface area (Å²) in [6.45, 7) is 5.81. The van der Waals surface area contributed by atoms with Gasteiger partial charge in [-0.25, -0.2) is 26.9 Å². The van der Waals surface area contributed by atoms with E-state index in [2.05, 4.69) is 35.2 Å². The zero-order chi connectivity index (χ0) is 32.8. The predicted octanol–water partition coefficient (Wildman–Crippen LogP) is 5.93. The molecule has 0 aliphatic rings. The minimum atomic E-state index is -3.48. The number of aromatic amines is 2. The molecular formula is C32H30F2N8O3S. The molecule has 0 fully saturated rings. The fourth-order valence-electron chi connectivity index (χ4n) is 5.14. The van der Waals surface area contributed by atoms with Gasteiger partial charge in [0.2, 0.25) is 15.9 Å². The summed E-state index contributed by atoms with van der Waals surface area (Å²) in [5.41, 5.74) is 4.05. The topological polar surface area (TPSA) is 158 Å². The van der Waals surface area contributed by atoms with Gasteiger partial charge in [0.05, 0.1) is 34.9 Å². The molecule has 46 heavy (non-hydrogen) atoms. The zero-order valence-corrected chi connectivity index (χ0v) is 26.2. The third kappa shape index (κ3) is 6.77. The monoisotopic (exact) mass is 644 g/mol. The molecule has 0 aliphatic carbocycles. The van der Waals surface area contributed by atoms with Gasteiger partial charge < -0.3 is 10.3 Å². The first-order valence-corrected chi connectivity index (χ1v) is 16.1. The minimum absolute atomic E-state index is 0.0920. The molecule has 0 spiro atoms. The number of carbonyl (C=O) groups is 1. The molecule has 1 amide bonds. The summed E-state index contributed by atoms with van der Waals surface area (Å²) in [7, 11) is -3.48. The first-order chi connectivity index (χ1) is 21.7. The number of benzene rings is 2. The number of sulfonamides is 1. The molecule has 6 aromatic rings. The Labute approximate surface area is 263 Å². The number of halogens is 2. The number of nitrogens with one attached hydrogen (secondary N) is 4. The number of imidazole rings is 1. The van der Waals surface area contributed by atoms with Crippen LogP contribution in [0.2, 0.25) is 0 Å². The lowest BCUT2D eigenvalue weighted by atomic mass is 9.92. The number of hydrogen-bond acceptors (Lipinski definition) is 7. The van der Waals surface area contributed by atoms with Crippen LogP contribution < -0.4 is 10.0 Å². The minimum Gasteiger partial charge on any atom is -0.336 e. The first kappa shape index (κ1) is 30.9. The molecule has 0 saturated heterocycles. The number of fused-ring (bicyclic) bond motifs is 2. The number of nitrogens with zero attached hydrogens (tertiary/aromatic N) is 4. The van der Waals surface area contributed by atoms with Crippen molar-refractivity contribution in [1.82, 2.24) is 34.9 Å². The molecular weight excluding hydrogens is 614 g/mol. The number of anilines is 1. The quantitative estimate of drug-likeness (QED) is 0.160. The van der Waals surface area contributed by atoms with Crippen LogP contribution in [0.5, 0.6) is 0 Å². The van der Waals surface area contributed by atoms with Gasteiger partial charge >= 0.3 is 0 Å². The highest BCUT2D eigenvalue weighted by atomic mass is 32.2. The van der Waals surface area contributed by atoms with Crippen LogP contribution in [0.4, 0.5) is 14.5 Å². The van der Waals surface area contributed by atoms with E-state index in [1.807, 2.05) is 20.8 Å². The SMILES string of the molecule is CC(C)(C)CC(=O)Nc1cncc(-c2cc3c(-c4nc5c(-c6cc(F)cc(CNS(C)(=O)=O)c6)nccc5[nH]4)n[nH]c3cc2F)c1. The van der Waals surface area contributed by atoms with E-state index in [1.54, 1.807) is 30.5 Å². The van der Waals surface area contributed by atoms with Crippen molar-refractivity contribution in [2.45, 2.75) is 33.7 Å². The maximum atomic E-state index is 15.4. The van der Waals surface area contributed by atoms with Crippen LogP contribution in [-0.4, -0.2) is 50.7 Å². The van der Waals surface area contributed by atoms with Crippen molar-refractivity contribution in [3.63, 3.8) is 0 Å². The van der Waals surface area contributed by atoms with Crippen molar-refractivity contribution in [1.29, 1.82) is 0 Å². The van der Waals surface area contributed by atoms with Crippen molar-refractivity contribution < 1.29 is 22.0 Å². The summed E-state index contributed by atoms with van der Waals surface area (Å²) in [5.74, 6) is -0.869. The standard InChI is InChI=1S/C32H30F2N8O3S/c1-32(2,3)13-27(43)38-21-10-19(15-35-16-21)22-11-23-26(12-24(22)34)41-42-29(23)31-39-25-5-6-36-28(30(25)40-31)18-7-17(8-20(33)9-18)14-37-46(4,44)45/h5-12,15-16,37H,13-14H2,1-4H3,(H,38,43)(H,39,40)(H,41,42). The summed E-state index contributed by atoms with van der Waals surface area (Å²) >= 11 is 0. The van der Waals surface area contributed by atoms with Gasteiger partial charge in [-0.3, -0.25) is 19.9 Å². The summed E-state index contributed by atoms with van der Waals surface area (Å²) in [4.78, 5) is 29.1. The van der Waals surface area contributed by atoms with Gasteiger partial charge in [0.25, 0.3) is 0 Å². The highest BCUT2D eigenvalue weighted by Gasteiger charge is 2.20. The molecule has 0 saturated carbocycles. The lowest BCUT2D eigenvalue weighted by molar-refractivity contribution is -0.117. The second-order valence-electron chi connectivity index (χ2n) is 12.3. The second-order valence-corrected chi connectivity index (χ2v) is 14.1. The molecule has 0 aliphatic heterocycles. The summed E-state index contributed by atoms with van der Waals surface area (Å²) in [5, 5.41) is 10.7. The Kier molecular flexibility index (Phi) is 7.86. The van der Waals surface area contributed by atoms with Crippen molar-refractivity contribution in [3.05, 3.63) is 78.3 Å². The molecule has 6 rings (SSSR count). The van der Waals surface area contributed by atoms with Gasteiger partial charge in [0.1, 0.15) is 22.8 Å². The molecule has 14 heteroatoms. The molecule has 4 aromatic heterocycles. The molecule has 0 radical (unpaired) electrons. The Bertz CT molecular complexity index is 2240. The number of rotatable bonds is 8. The van der Waals surface area contributed by atoms with Crippen molar-refractivity contribution in [3.8, 4) is 33.9 Å². The van der Waals surface area contributed by atoms with E-state index in [-0.39, 0.29) is 23.4 Å². The van der Waals surface area contributed by atoms with Crippen LogP contribution in [0.15, 0.2) is 61.1 Å². The summed E-state index contributed by atoms with van der Waals surface area (Å²) in [6.07, 6.45) is 5.91. The van der Waals surface area contributed by atoms with E-state index in [4.69, 9.17) is 4.98 Å². The molecule has 236 valence electrons. The van der Waals surface area contributed by atoms with Crippen LogP contribution >= 0.6 is 0 Å². The van der Waals surface area contributed by atoms with Gasteiger partial charge in [-0.15, -0.1) is 0 Å². The fourth-order valence-corrected chi connectivity index (χ4v) is 5.57. The number of amides is 1. The average Bonchev–Trinajstić information content (AvgIpc) is 3.57. The van der Waals surface area contributed by atoms with E-state index in [0.717, 1.165) is 6.26 Å². The largest absolute Gasteiger partial charge is 0.336 e. The number of H-pyrrole nitrogens is 2. The van der Waals surface area contributed by atoms with Crippen LogP contribution in [0.1, 0.15) is 32.8 Å². The van der Waals surface area contributed by atoms with E-state index < -0.39 is 21.7 Å². The lowest BCUT2D eigenvalue weighted by Crippen LogP contribution is -2.21. The van der Waals surface area contributed by atoms with E-state index >= 15 is 4.39 Å². The molecule has 4 N–H and O–H groups in total. The smallest absolute Gasteiger partial charge is 0.224 e. The Morgan fingerprint density at radius 3 is 2.54 bits per heavy atom. The van der Waals surface area contributed by atoms with Crippen molar-refractivity contribution in [2.24, 2.45) is 5.41 Å². The van der Waals surface area contributed by atoms with Crippen molar-refractivity contribution >= 4 is 43.6 Å². The molecule has 0 bridgehead atoms. The second kappa shape index (κ2) is 11.7. The van der Waals surface area contributed by atoms with Gasteiger partial charge in [0.15, 0.2) is 5.82 Å². The van der Waals surface area contributed by atoms with Gasteiger partial charge in [-0.2, -0.15) is 5.10 Å². The Morgan fingerprint density at radius 1 is 0.978 bits per heavy atom. The van der Waals surface area contributed by atoms with E-state index in [1.165, 1.54) is 30.6 Å². The van der Waals surface area contributed by atoms with Gasteiger partial charge in [0, 0.05) is 53.5 Å². The molecule has 0 atom stereocenters. The first-order valence-electron chi connectivity index (χ1n) is 14.2. The number of pyridine rings is 2. The average molecular weight is 645 g/mol. The molecule has 0 unspecified atom stereocenters. The van der Waals surface area contributed by atoms with Gasteiger partial charge in [-0.05, 0) is 47.4 Å². The van der Waals surface area contributed by atoms with Crippen LogP contribution in [0.3, 0.4) is 0 Å². The number of carbonyl (C=O) groups excluding carboxylic acids is 1. The molecule has 4 heterocycles. The van der Waals surface area contributed by atoms with E-state index in [9.17, 15) is 17.6 Å². The lowest BCUT2D eigenvalue weighted by Gasteiger charge is -2.17. The predicted molar refractivity (Wildman–Crippen MR) is 172 cm³/mol. The Morgan fingerprint density at radius 2 is 1.78 bits per heavy atom. The third-order valence-corrected chi connectivity index (χ3v) is 7.74. The highest BCUT2D eigenvalue weighted by molar-refractivity contribution is 7.88. The van der Waals surface area contributed by atoms with Crippen molar-refractivity contribution in [2.75, 3.05) is 11.6 Å². The maximum absolute atomic E-state index is 15.4. The Hall–Kier alpha value is -5.08. The van der Waals surface area contributed by atoms with Crippen LogP contribution in [-0.2, 0) is 21.4 Å². The van der Waals surface area contributed by atoms with E-state index in [0.29, 0.717) is 67.9 Å². The zero-order valence-electron chi connectivity index (χ0n) is 25.4. The normalized spacial score (nSPS) is 12.2. The van der Waals surface area contributed by atoms with Gasteiger partial charge in [-0.1, -0.05) is 20.8 Å². The highest BCUT2D eigenvalue weighted by Crippen LogP contribution is 2.34. The summed E-state index contributed by atoms with van der Waals surface area (Å²) in [6, 6.07) is 10.5. The molecule has 11 nitrogen and oxygen atoms in total. The molecule has 2 aromatic carbocycles.